The van der Waals surface area contributed by atoms with Crippen molar-refractivity contribution in [2.24, 2.45) is 0 Å². The standard InChI is InChI=1S/C11H12N2O5/c1-6-2-3-7(5-12-6)10(16)13-8(11(17)18)4-9(14)15/h2-3,5,8H,4H2,1H3,(H,13,16)(H,14,15)(H,17,18). The molecule has 1 amide bonds. The first-order chi connectivity index (χ1) is 8.40. The third-order valence-electron chi connectivity index (χ3n) is 2.16. The molecule has 1 aromatic rings. The molecule has 1 unspecified atom stereocenters. The maximum absolute atomic E-state index is 11.6. The highest BCUT2D eigenvalue weighted by molar-refractivity contribution is 5.97. The molecule has 0 aromatic carbocycles. The highest BCUT2D eigenvalue weighted by atomic mass is 16.4. The Kier molecular flexibility index (Phi) is 4.36. The van der Waals surface area contributed by atoms with Gasteiger partial charge in [-0.05, 0) is 19.1 Å². The Morgan fingerprint density at radius 3 is 2.44 bits per heavy atom. The van der Waals surface area contributed by atoms with E-state index in [2.05, 4.69) is 10.3 Å². The minimum atomic E-state index is -1.46. The van der Waals surface area contributed by atoms with E-state index in [0.717, 1.165) is 0 Å². The highest BCUT2D eigenvalue weighted by Crippen LogP contribution is 2.01. The van der Waals surface area contributed by atoms with Crippen molar-refractivity contribution in [1.29, 1.82) is 0 Å². The van der Waals surface area contributed by atoms with Crippen LogP contribution in [0.15, 0.2) is 18.3 Å². The Bertz CT molecular complexity index is 469. The zero-order valence-corrected chi connectivity index (χ0v) is 9.58. The zero-order valence-electron chi connectivity index (χ0n) is 9.58. The normalized spacial score (nSPS) is 11.6. The Labute approximate surface area is 102 Å². The molecule has 0 bridgehead atoms. The van der Waals surface area contributed by atoms with Crippen LogP contribution >= 0.6 is 0 Å². The van der Waals surface area contributed by atoms with Gasteiger partial charge < -0.3 is 15.5 Å². The summed E-state index contributed by atoms with van der Waals surface area (Å²) >= 11 is 0. The number of aliphatic carboxylic acids is 2. The van der Waals surface area contributed by atoms with Gasteiger partial charge in [-0.1, -0.05) is 0 Å². The van der Waals surface area contributed by atoms with Crippen LogP contribution in [0, 0.1) is 6.92 Å². The number of carboxylic acids is 2. The predicted octanol–water partition coefficient (Wildman–Crippen LogP) is 0.0477. The average Bonchev–Trinajstić information content (AvgIpc) is 2.28. The van der Waals surface area contributed by atoms with Gasteiger partial charge in [0.15, 0.2) is 0 Å². The number of aryl methyl sites for hydroxylation is 1. The summed E-state index contributed by atoms with van der Waals surface area (Å²) in [4.78, 5) is 36.7. The van der Waals surface area contributed by atoms with Crippen molar-refractivity contribution in [1.82, 2.24) is 10.3 Å². The lowest BCUT2D eigenvalue weighted by atomic mass is 10.2. The van der Waals surface area contributed by atoms with Crippen LogP contribution in [0.1, 0.15) is 22.5 Å². The second-order valence-electron chi connectivity index (χ2n) is 3.65. The summed E-state index contributed by atoms with van der Waals surface area (Å²) in [5.41, 5.74) is 0.893. The van der Waals surface area contributed by atoms with Crippen molar-refractivity contribution in [2.45, 2.75) is 19.4 Å². The lowest BCUT2D eigenvalue weighted by Crippen LogP contribution is -2.42. The summed E-state index contributed by atoms with van der Waals surface area (Å²) in [6.45, 7) is 1.74. The van der Waals surface area contributed by atoms with E-state index in [4.69, 9.17) is 10.2 Å². The van der Waals surface area contributed by atoms with Gasteiger partial charge in [0.2, 0.25) is 0 Å². The van der Waals surface area contributed by atoms with E-state index in [1.807, 2.05) is 0 Å². The molecule has 0 aliphatic rings. The Balaban J connectivity index is 2.75. The molecule has 18 heavy (non-hydrogen) atoms. The second kappa shape index (κ2) is 5.76. The Morgan fingerprint density at radius 1 is 1.33 bits per heavy atom. The van der Waals surface area contributed by atoms with Crippen LogP contribution in [-0.2, 0) is 9.59 Å². The number of nitrogens with zero attached hydrogens (tertiary/aromatic N) is 1. The fraction of sp³-hybridized carbons (Fsp3) is 0.273. The molecule has 1 aromatic heterocycles. The van der Waals surface area contributed by atoms with Crippen molar-refractivity contribution in [3.63, 3.8) is 0 Å². The minimum Gasteiger partial charge on any atom is -0.481 e. The third kappa shape index (κ3) is 3.85. The topological polar surface area (TPSA) is 117 Å². The van der Waals surface area contributed by atoms with Crippen LogP contribution in [0.4, 0.5) is 0 Å². The van der Waals surface area contributed by atoms with E-state index >= 15 is 0 Å². The lowest BCUT2D eigenvalue weighted by molar-refractivity contribution is -0.145. The minimum absolute atomic E-state index is 0.178. The van der Waals surface area contributed by atoms with Crippen LogP contribution in [0.25, 0.3) is 0 Å². The van der Waals surface area contributed by atoms with Gasteiger partial charge in [0.05, 0.1) is 12.0 Å². The molecule has 0 aliphatic heterocycles. The molecule has 96 valence electrons. The third-order valence-corrected chi connectivity index (χ3v) is 2.16. The van der Waals surface area contributed by atoms with E-state index in [1.54, 1.807) is 13.0 Å². The molecule has 3 N–H and O–H groups in total. The number of rotatable bonds is 5. The van der Waals surface area contributed by atoms with Gasteiger partial charge in [-0.15, -0.1) is 0 Å². The van der Waals surface area contributed by atoms with Gasteiger partial charge in [0.25, 0.3) is 5.91 Å². The number of carboxylic acid groups (broad SMARTS) is 2. The smallest absolute Gasteiger partial charge is 0.326 e. The number of hydrogen-bond donors (Lipinski definition) is 3. The summed E-state index contributed by atoms with van der Waals surface area (Å²) in [5.74, 6) is -3.37. The number of hydrogen-bond acceptors (Lipinski definition) is 4. The summed E-state index contributed by atoms with van der Waals surface area (Å²) in [6.07, 6.45) is 0.616. The van der Waals surface area contributed by atoms with E-state index in [1.165, 1.54) is 12.3 Å². The zero-order chi connectivity index (χ0) is 13.7. The molecular weight excluding hydrogens is 240 g/mol. The molecular formula is C11H12N2O5. The number of aromatic nitrogens is 1. The number of carbonyl (C=O) groups is 3. The van der Waals surface area contributed by atoms with E-state index in [0.29, 0.717) is 5.69 Å². The maximum Gasteiger partial charge on any atom is 0.326 e. The Hall–Kier alpha value is -2.44. The predicted molar refractivity (Wildman–Crippen MR) is 60.1 cm³/mol. The molecule has 1 rings (SSSR count). The first kappa shape index (κ1) is 13.6. The summed E-state index contributed by atoms with van der Waals surface area (Å²) < 4.78 is 0. The number of nitrogens with one attached hydrogen (secondary N) is 1. The van der Waals surface area contributed by atoms with Gasteiger partial charge in [-0.25, -0.2) is 4.79 Å². The van der Waals surface area contributed by atoms with E-state index < -0.39 is 30.3 Å². The summed E-state index contributed by atoms with van der Waals surface area (Å²) in [5, 5.41) is 19.4. The van der Waals surface area contributed by atoms with Crippen LogP contribution in [0.5, 0.6) is 0 Å². The van der Waals surface area contributed by atoms with Crippen LogP contribution in [-0.4, -0.2) is 39.1 Å². The monoisotopic (exact) mass is 252 g/mol. The summed E-state index contributed by atoms with van der Waals surface area (Å²) in [6, 6.07) is 1.62. The second-order valence-corrected chi connectivity index (χ2v) is 3.65. The van der Waals surface area contributed by atoms with E-state index in [9.17, 15) is 14.4 Å². The van der Waals surface area contributed by atoms with Gasteiger partial charge in [0.1, 0.15) is 6.04 Å². The molecule has 7 heteroatoms. The first-order valence-electron chi connectivity index (χ1n) is 5.08. The fourth-order valence-electron chi connectivity index (χ4n) is 1.22. The van der Waals surface area contributed by atoms with E-state index in [-0.39, 0.29) is 5.56 Å². The maximum atomic E-state index is 11.6. The first-order valence-corrected chi connectivity index (χ1v) is 5.08. The van der Waals surface area contributed by atoms with Gasteiger partial charge in [0, 0.05) is 11.9 Å². The number of amides is 1. The van der Waals surface area contributed by atoms with Crippen molar-refractivity contribution < 1.29 is 24.6 Å². The van der Waals surface area contributed by atoms with Crippen molar-refractivity contribution >= 4 is 17.8 Å². The average molecular weight is 252 g/mol. The summed E-state index contributed by atoms with van der Waals surface area (Å²) in [7, 11) is 0. The molecule has 0 spiro atoms. The highest BCUT2D eigenvalue weighted by Gasteiger charge is 2.23. The van der Waals surface area contributed by atoms with Gasteiger partial charge in [-0.3, -0.25) is 14.6 Å². The van der Waals surface area contributed by atoms with Gasteiger partial charge in [-0.2, -0.15) is 0 Å². The van der Waals surface area contributed by atoms with Crippen LogP contribution in [0.2, 0.25) is 0 Å². The number of carbonyl (C=O) groups excluding carboxylic acids is 1. The SMILES string of the molecule is Cc1ccc(C(=O)NC(CC(=O)O)C(=O)O)cn1. The van der Waals surface area contributed by atoms with Crippen molar-refractivity contribution in [2.75, 3.05) is 0 Å². The van der Waals surface area contributed by atoms with Crippen LogP contribution < -0.4 is 5.32 Å². The molecule has 0 fully saturated rings. The molecule has 0 saturated carbocycles. The molecule has 7 nitrogen and oxygen atoms in total. The number of pyridine rings is 1. The molecule has 1 heterocycles. The molecule has 0 aliphatic carbocycles. The lowest BCUT2D eigenvalue weighted by Gasteiger charge is -2.12. The van der Waals surface area contributed by atoms with Crippen LogP contribution in [0.3, 0.4) is 0 Å². The quantitative estimate of drug-likeness (QED) is 0.681. The van der Waals surface area contributed by atoms with Gasteiger partial charge >= 0.3 is 11.9 Å². The molecule has 0 saturated heterocycles. The van der Waals surface area contributed by atoms with Crippen molar-refractivity contribution in [3.05, 3.63) is 29.6 Å². The Morgan fingerprint density at radius 2 is 2.00 bits per heavy atom. The largest absolute Gasteiger partial charge is 0.481 e. The molecule has 0 radical (unpaired) electrons. The molecule has 1 atom stereocenters. The fourth-order valence-corrected chi connectivity index (χ4v) is 1.22. The van der Waals surface area contributed by atoms with Crippen molar-refractivity contribution in [3.8, 4) is 0 Å².